The Morgan fingerprint density at radius 1 is 1.73 bits per heavy atom. The molecule has 0 heterocycles. The fourth-order valence-corrected chi connectivity index (χ4v) is 11.8. The van der Waals surface area contributed by atoms with Crippen molar-refractivity contribution < 1.29 is 4.74 Å². The van der Waals surface area contributed by atoms with E-state index < -0.39 is 0 Å². The van der Waals surface area contributed by atoms with Gasteiger partial charge in [0.25, 0.3) is 0 Å². The van der Waals surface area contributed by atoms with Crippen LogP contribution in [-0.4, -0.2) is 39.7 Å². The van der Waals surface area contributed by atoms with Gasteiger partial charge in [-0.25, -0.2) is 0 Å². The standard InChI is InChI=1S/C7H20OSi3/c1-4-7(10-11-9)8-5-6(2)3/h7H,2,4-5,10-11H2,1,3,9H3. The minimum atomic E-state index is 0.230. The first-order chi connectivity index (χ1) is 5.20. The fourth-order valence-electron chi connectivity index (χ4n) is 0.987. The van der Waals surface area contributed by atoms with Gasteiger partial charge in [0.05, 0.1) is 6.61 Å². The van der Waals surface area contributed by atoms with Crippen LogP contribution in [0.4, 0.5) is 0 Å². The topological polar surface area (TPSA) is 9.23 Å². The third-order valence-corrected chi connectivity index (χ3v) is 12.5. The van der Waals surface area contributed by atoms with E-state index in [-0.39, 0.29) is 9.04 Å². The van der Waals surface area contributed by atoms with E-state index in [9.17, 15) is 0 Å². The summed E-state index contributed by atoms with van der Waals surface area (Å²) in [6.07, 6.45) is 1.23. The highest BCUT2D eigenvalue weighted by molar-refractivity contribution is 7.24. The molecule has 0 amide bonds. The van der Waals surface area contributed by atoms with Crippen LogP contribution < -0.4 is 0 Å². The highest BCUT2D eigenvalue weighted by atomic mass is 29.5. The summed E-state index contributed by atoms with van der Waals surface area (Å²) >= 11 is 0. The Kier molecular flexibility index (Phi) is 7.25. The van der Waals surface area contributed by atoms with E-state index in [0.29, 0.717) is 14.3 Å². The third kappa shape index (κ3) is 6.74. The average molecular weight is 204 g/mol. The van der Waals surface area contributed by atoms with Crippen LogP contribution in [0.1, 0.15) is 20.3 Å². The highest BCUT2D eigenvalue weighted by Crippen LogP contribution is 1.98. The molecule has 1 atom stereocenters. The first-order valence-electron chi connectivity index (χ1n) is 4.46. The van der Waals surface area contributed by atoms with E-state index in [2.05, 4.69) is 13.5 Å². The summed E-state index contributed by atoms with van der Waals surface area (Å²) in [4.78, 5) is 0. The Hall–Kier alpha value is 0.351. The Morgan fingerprint density at radius 3 is 2.73 bits per heavy atom. The maximum Gasteiger partial charge on any atom is 0.0670 e. The summed E-state index contributed by atoms with van der Waals surface area (Å²) in [6, 6.07) is 0. The second-order valence-corrected chi connectivity index (χ2v) is 19.3. The van der Waals surface area contributed by atoms with E-state index in [4.69, 9.17) is 4.74 Å². The summed E-state index contributed by atoms with van der Waals surface area (Å²) in [5.41, 5.74) is 1.84. The lowest BCUT2D eigenvalue weighted by molar-refractivity contribution is 0.124. The van der Waals surface area contributed by atoms with Gasteiger partial charge in [0.15, 0.2) is 0 Å². The van der Waals surface area contributed by atoms with Crippen molar-refractivity contribution >= 4 is 27.4 Å². The van der Waals surface area contributed by atoms with E-state index in [1.165, 1.54) is 16.2 Å². The molecule has 0 N–H and O–H groups in total. The van der Waals surface area contributed by atoms with Crippen molar-refractivity contribution in [3.8, 4) is 0 Å². The molecule has 0 aromatic heterocycles. The SMILES string of the molecule is C=C(C)COC(CC)[SiH2][SiH2][SiH3]. The van der Waals surface area contributed by atoms with Crippen molar-refractivity contribution in [1.82, 2.24) is 0 Å². The molecular formula is C7H20OSi3. The molecule has 0 aliphatic heterocycles. The van der Waals surface area contributed by atoms with E-state index >= 15 is 0 Å². The van der Waals surface area contributed by atoms with Gasteiger partial charge in [0.2, 0.25) is 0 Å². The molecule has 1 nitrogen and oxygen atoms in total. The first-order valence-corrected chi connectivity index (χ1v) is 14.9. The Morgan fingerprint density at radius 2 is 2.36 bits per heavy atom. The smallest absolute Gasteiger partial charge is 0.0670 e. The van der Waals surface area contributed by atoms with Crippen LogP contribution in [0.3, 0.4) is 0 Å². The molecule has 0 fully saturated rings. The van der Waals surface area contributed by atoms with Gasteiger partial charge in [-0.2, -0.15) is 0 Å². The lowest BCUT2D eigenvalue weighted by atomic mass is 10.4. The fraction of sp³-hybridized carbons (Fsp3) is 0.714. The van der Waals surface area contributed by atoms with Crippen molar-refractivity contribution in [1.29, 1.82) is 0 Å². The third-order valence-electron chi connectivity index (χ3n) is 1.63. The van der Waals surface area contributed by atoms with E-state index in [0.717, 1.165) is 12.2 Å². The van der Waals surface area contributed by atoms with Crippen LogP contribution in [0, 0.1) is 0 Å². The normalized spacial score (nSPS) is 15.5. The molecule has 0 spiro atoms. The minimum absolute atomic E-state index is 0.230. The van der Waals surface area contributed by atoms with Gasteiger partial charge in [-0.3, -0.25) is 0 Å². The molecule has 0 aliphatic carbocycles. The Balaban J connectivity index is 3.43. The molecule has 0 saturated heterocycles. The average Bonchev–Trinajstić information content (AvgIpc) is 1.97. The molecule has 1 unspecified atom stereocenters. The van der Waals surface area contributed by atoms with Crippen molar-refractivity contribution in [3.63, 3.8) is 0 Å². The zero-order valence-electron chi connectivity index (χ0n) is 8.02. The van der Waals surface area contributed by atoms with Crippen molar-refractivity contribution in [3.05, 3.63) is 12.2 Å². The maximum atomic E-state index is 5.71. The lowest BCUT2D eigenvalue weighted by Gasteiger charge is -2.14. The van der Waals surface area contributed by atoms with Crippen LogP contribution in [0.15, 0.2) is 12.2 Å². The summed E-state index contributed by atoms with van der Waals surface area (Å²) in [7, 11) is 2.16. The Labute approximate surface area is 77.2 Å². The number of hydrogen-bond donors (Lipinski definition) is 0. The largest absolute Gasteiger partial charge is 0.378 e. The van der Waals surface area contributed by atoms with Crippen LogP contribution in [0.2, 0.25) is 0 Å². The summed E-state index contributed by atoms with van der Waals surface area (Å²) in [5.74, 6) is 0. The molecule has 66 valence electrons. The van der Waals surface area contributed by atoms with Gasteiger partial charge in [0.1, 0.15) is 0 Å². The predicted octanol–water partition coefficient (Wildman–Crippen LogP) is -1.15. The van der Waals surface area contributed by atoms with Gasteiger partial charge in [0, 0.05) is 14.8 Å². The van der Waals surface area contributed by atoms with Gasteiger partial charge in [-0.1, -0.05) is 19.1 Å². The lowest BCUT2D eigenvalue weighted by Crippen LogP contribution is -2.25. The molecule has 4 heteroatoms. The summed E-state index contributed by atoms with van der Waals surface area (Å²) in [5, 5.41) is 0. The number of hydrogen-bond acceptors (Lipinski definition) is 1. The minimum Gasteiger partial charge on any atom is -0.378 e. The van der Waals surface area contributed by atoms with Crippen molar-refractivity contribution in [2.45, 2.75) is 26.0 Å². The maximum absolute atomic E-state index is 5.71. The van der Waals surface area contributed by atoms with Crippen molar-refractivity contribution in [2.24, 2.45) is 0 Å². The van der Waals surface area contributed by atoms with Crippen LogP contribution in [-0.2, 0) is 4.74 Å². The molecular weight excluding hydrogens is 184 g/mol. The summed E-state index contributed by atoms with van der Waals surface area (Å²) in [6.45, 7) is 8.90. The molecule has 0 aromatic rings. The first kappa shape index (κ1) is 11.4. The van der Waals surface area contributed by atoms with Crippen LogP contribution in [0.5, 0.6) is 0 Å². The van der Waals surface area contributed by atoms with Gasteiger partial charge < -0.3 is 4.74 Å². The molecule has 11 heavy (non-hydrogen) atoms. The van der Waals surface area contributed by atoms with E-state index in [1.54, 1.807) is 0 Å². The number of rotatable bonds is 6. The van der Waals surface area contributed by atoms with Crippen LogP contribution in [0.25, 0.3) is 0 Å². The zero-order chi connectivity index (χ0) is 8.69. The number of ether oxygens (including phenoxy) is 1. The summed E-state index contributed by atoms with van der Waals surface area (Å²) < 4.78 is 5.71. The van der Waals surface area contributed by atoms with Gasteiger partial charge >= 0.3 is 0 Å². The van der Waals surface area contributed by atoms with E-state index in [1.807, 2.05) is 6.92 Å². The quantitative estimate of drug-likeness (QED) is 0.392. The second-order valence-electron chi connectivity index (χ2n) is 3.09. The van der Waals surface area contributed by atoms with Crippen LogP contribution >= 0.6 is 0 Å². The molecule has 0 aromatic carbocycles. The highest BCUT2D eigenvalue weighted by Gasteiger charge is 2.04. The molecule has 0 bridgehead atoms. The van der Waals surface area contributed by atoms with Gasteiger partial charge in [-0.05, 0) is 31.7 Å². The monoisotopic (exact) mass is 204 g/mol. The molecule has 0 saturated carbocycles. The second kappa shape index (κ2) is 7.02. The molecule has 0 aliphatic rings. The Bertz CT molecular complexity index is 116. The van der Waals surface area contributed by atoms with Crippen molar-refractivity contribution in [2.75, 3.05) is 6.61 Å². The molecule has 0 radical (unpaired) electrons. The van der Waals surface area contributed by atoms with Gasteiger partial charge in [-0.15, -0.1) is 0 Å². The molecule has 0 rings (SSSR count). The predicted molar refractivity (Wildman–Crippen MR) is 61.9 cm³/mol. The zero-order valence-corrected chi connectivity index (χ0v) is 12.8.